The highest BCUT2D eigenvalue weighted by Crippen LogP contribution is 2.18. The summed E-state index contributed by atoms with van der Waals surface area (Å²) in [5, 5.41) is 5.35. The molecule has 0 radical (unpaired) electrons. The second-order valence-electron chi connectivity index (χ2n) is 2.98. The lowest BCUT2D eigenvalue weighted by Crippen LogP contribution is -2.13. The molecule has 0 aliphatic carbocycles. The van der Waals surface area contributed by atoms with Crippen molar-refractivity contribution in [3.05, 3.63) is 29.5 Å². The number of nitrogens with one attached hydrogen (secondary N) is 1. The number of anilines is 2. The van der Waals surface area contributed by atoms with Crippen molar-refractivity contribution in [2.45, 2.75) is 6.42 Å². The summed E-state index contributed by atoms with van der Waals surface area (Å²) in [5.41, 5.74) is 5.72. The van der Waals surface area contributed by atoms with Gasteiger partial charge in [-0.25, -0.2) is 15.0 Å². The number of thiazole rings is 1. The maximum Gasteiger partial charge on any atom is 0.228 e. The summed E-state index contributed by atoms with van der Waals surface area (Å²) in [6.45, 7) is 0. The van der Waals surface area contributed by atoms with Crippen molar-refractivity contribution in [2.24, 2.45) is 5.73 Å². The molecule has 7 heteroatoms. The standard InChI is InChI=1S/C9H9N5OS/c10-7(15)4-6-5-16-9(13-6)14-8-11-2-1-3-12-8/h1-3,5H,4H2,(H2,10,15)(H,11,12,13,14). The lowest BCUT2D eigenvalue weighted by Gasteiger charge is -1.97. The van der Waals surface area contributed by atoms with Crippen molar-refractivity contribution in [2.75, 3.05) is 5.32 Å². The van der Waals surface area contributed by atoms with E-state index in [0.717, 1.165) is 0 Å². The summed E-state index contributed by atoms with van der Waals surface area (Å²) in [6.07, 6.45) is 3.41. The first-order valence-corrected chi connectivity index (χ1v) is 5.39. The number of carbonyl (C=O) groups excluding carboxylic acids is 1. The molecule has 0 aromatic carbocycles. The molecule has 2 rings (SSSR count). The van der Waals surface area contributed by atoms with Crippen molar-refractivity contribution in [3.63, 3.8) is 0 Å². The van der Waals surface area contributed by atoms with Crippen LogP contribution >= 0.6 is 11.3 Å². The number of hydrogen-bond acceptors (Lipinski definition) is 6. The fraction of sp³-hybridized carbons (Fsp3) is 0.111. The Morgan fingerprint density at radius 1 is 1.44 bits per heavy atom. The van der Waals surface area contributed by atoms with Gasteiger partial charge in [-0.15, -0.1) is 11.3 Å². The molecule has 0 unspecified atom stereocenters. The minimum absolute atomic E-state index is 0.147. The number of primary amides is 1. The molecule has 2 heterocycles. The third kappa shape index (κ3) is 2.74. The van der Waals surface area contributed by atoms with Crippen LogP contribution in [0.25, 0.3) is 0 Å². The van der Waals surface area contributed by atoms with Crippen LogP contribution in [0.1, 0.15) is 5.69 Å². The lowest BCUT2D eigenvalue weighted by molar-refractivity contribution is -0.117. The number of carbonyl (C=O) groups is 1. The van der Waals surface area contributed by atoms with Crippen molar-refractivity contribution < 1.29 is 4.79 Å². The van der Waals surface area contributed by atoms with E-state index in [9.17, 15) is 4.79 Å². The van der Waals surface area contributed by atoms with Gasteiger partial charge in [0.25, 0.3) is 0 Å². The van der Waals surface area contributed by atoms with Crippen LogP contribution in [0.3, 0.4) is 0 Å². The monoisotopic (exact) mass is 235 g/mol. The Morgan fingerprint density at radius 2 is 2.19 bits per heavy atom. The maximum atomic E-state index is 10.7. The van der Waals surface area contributed by atoms with Crippen LogP contribution in [0.2, 0.25) is 0 Å². The summed E-state index contributed by atoms with van der Waals surface area (Å²) < 4.78 is 0. The quantitative estimate of drug-likeness (QED) is 0.813. The molecule has 0 fully saturated rings. The summed E-state index contributed by atoms with van der Waals surface area (Å²) in [6, 6.07) is 1.73. The molecule has 0 spiro atoms. The van der Waals surface area contributed by atoms with E-state index in [-0.39, 0.29) is 6.42 Å². The molecule has 2 aromatic rings. The first-order valence-electron chi connectivity index (χ1n) is 4.51. The number of nitrogens with two attached hydrogens (primary N) is 1. The first kappa shape index (κ1) is 10.5. The number of hydrogen-bond donors (Lipinski definition) is 2. The molecule has 1 amide bonds. The molecule has 2 aromatic heterocycles. The van der Waals surface area contributed by atoms with Crippen molar-refractivity contribution >= 4 is 28.3 Å². The molecule has 0 aliphatic heterocycles. The van der Waals surface area contributed by atoms with Crippen LogP contribution in [-0.4, -0.2) is 20.9 Å². The molecule has 0 bridgehead atoms. The molecule has 0 saturated heterocycles. The first-order chi connectivity index (χ1) is 7.74. The summed E-state index contributed by atoms with van der Waals surface area (Å²) >= 11 is 1.38. The normalized spacial score (nSPS) is 10.0. The third-order valence-corrected chi connectivity index (χ3v) is 2.50. The van der Waals surface area contributed by atoms with Gasteiger partial charge in [0.2, 0.25) is 11.9 Å². The van der Waals surface area contributed by atoms with Gasteiger partial charge in [0, 0.05) is 17.8 Å². The zero-order chi connectivity index (χ0) is 11.4. The summed E-state index contributed by atoms with van der Waals surface area (Å²) in [5.74, 6) is 0.0790. The topological polar surface area (TPSA) is 93.8 Å². The average molecular weight is 235 g/mol. The van der Waals surface area contributed by atoms with Gasteiger partial charge in [-0.1, -0.05) is 0 Å². The largest absolute Gasteiger partial charge is 0.369 e. The average Bonchev–Trinajstić information content (AvgIpc) is 2.66. The number of aromatic nitrogens is 3. The van der Waals surface area contributed by atoms with E-state index in [0.29, 0.717) is 16.8 Å². The van der Waals surface area contributed by atoms with Crippen molar-refractivity contribution in [3.8, 4) is 0 Å². The summed E-state index contributed by atoms with van der Waals surface area (Å²) in [4.78, 5) is 22.8. The second kappa shape index (κ2) is 4.67. The highest BCUT2D eigenvalue weighted by atomic mass is 32.1. The Hall–Kier alpha value is -2.02. The Kier molecular flexibility index (Phi) is 3.06. The zero-order valence-corrected chi connectivity index (χ0v) is 9.07. The Bertz CT molecular complexity index is 484. The smallest absolute Gasteiger partial charge is 0.228 e. The van der Waals surface area contributed by atoms with Gasteiger partial charge >= 0.3 is 0 Å². The van der Waals surface area contributed by atoms with Gasteiger partial charge in [-0.3, -0.25) is 4.79 Å². The molecule has 3 N–H and O–H groups in total. The Morgan fingerprint density at radius 3 is 2.88 bits per heavy atom. The number of amides is 1. The van der Waals surface area contributed by atoms with E-state index in [2.05, 4.69) is 20.3 Å². The van der Waals surface area contributed by atoms with Crippen LogP contribution in [-0.2, 0) is 11.2 Å². The van der Waals surface area contributed by atoms with Gasteiger partial charge in [-0.2, -0.15) is 0 Å². The van der Waals surface area contributed by atoms with Gasteiger partial charge in [0.05, 0.1) is 12.1 Å². The predicted octanol–water partition coefficient (Wildman–Crippen LogP) is 0.704. The molecule has 82 valence electrons. The molecule has 0 atom stereocenters. The van der Waals surface area contributed by atoms with Gasteiger partial charge in [0.1, 0.15) is 0 Å². The van der Waals surface area contributed by atoms with E-state index in [1.807, 2.05) is 0 Å². The second-order valence-corrected chi connectivity index (χ2v) is 3.84. The van der Waals surface area contributed by atoms with Crippen molar-refractivity contribution in [1.29, 1.82) is 0 Å². The molecule has 0 aliphatic rings. The predicted molar refractivity (Wildman–Crippen MR) is 60.3 cm³/mol. The highest BCUT2D eigenvalue weighted by molar-refractivity contribution is 7.13. The maximum absolute atomic E-state index is 10.7. The molecule has 16 heavy (non-hydrogen) atoms. The van der Waals surface area contributed by atoms with Crippen LogP contribution in [0.4, 0.5) is 11.1 Å². The van der Waals surface area contributed by atoms with Gasteiger partial charge in [-0.05, 0) is 6.07 Å². The summed E-state index contributed by atoms with van der Waals surface area (Å²) in [7, 11) is 0. The van der Waals surface area contributed by atoms with Crippen molar-refractivity contribution in [1.82, 2.24) is 15.0 Å². The molecular weight excluding hydrogens is 226 g/mol. The minimum atomic E-state index is -0.396. The van der Waals surface area contributed by atoms with Gasteiger partial charge < -0.3 is 11.1 Å². The zero-order valence-electron chi connectivity index (χ0n) is 8.25. The van der Waals surface area contributed by atoms with E-state index < -0.39 is 5.91 Å². The van der Waals surface area contributed by atoms with E-state index in [4.69, 9.17) is 5.73 Å². The fourth-order valence-electron chi connectivity index (χ4n) is 1.08. The Labute approximate surface area is 95.6 Å². The SMILES string of the molecule is NC(=O)Cc1csc(Nc2ncccn2)n1. The Balaban J connectivity index is 2.06. The number of nitrogens with zero attached hydrogens (tertiary/aromatic N) is 3. The van der Waals surface area contributed by atoms with Gasteiger partial charge in [0.15, 0.2) is 5.13 Å². The van der Waals surface area contributed by atoms with Crippen LogP contribution in [0.15, 0.2) is 23.8 Å². The van der Waals surface area contributed by atoms with E-state index in [1.165, 1.54) is 11.3 Å². The molecular formula is C9H9N5OS. The third-order valence-electron chi connectivity index (χ3n) is 1.69. The minimum Gasteiger partial charge on any atom is -0.369 e. The highest BCUT2D eigenvalue weighted by Gasteiger charge is 2.05. The van der Waals surface area contributed by atoms with E-state index in [1.54, 1.807) is 23.8 Å². The molecule has 0 saturated carbocycles. The molecule has 6 nitrogen and oxygen atoms in total. The van der Waals surface area contributed by atoms with Crippen LogP contribution < -0.4 is 11.1 Å². The van der Waals surface area contributed by atoms with Crippen LogP contribution in [0.5, 0.6) is 0 Å². The fourth-order valence-corrected chi connectivity index (χ4v) is 1.79. The number of rotatable bonds is 4. The lowest BCUT2D eigenvalue weighted by atomic mass is 10.3. The van der Waals surface area contributed by atoms with E-state index >= 15 is 0 Å². The van der Waals surface area contributed by atoms with Crippen LogP contribution in [0, 0.1) is 0 Å².